The van der Waals surface area contributed by atoms with Crippen molar-refractivity contribution < 1.29 is 14.3 Å². The lowest BCUT2D eigenvalue weighted by atomic mass is 9.83. The highest BCUT2D eigenvalue weighted by molar-refractivity contribution is 6.78. The molecule has 2 aromatic rings. The van der Waals surface area contributed by atoms with E-state index in [9.17, 15) is 9.90 Å². The molecule has 204 valence electrons. The quantitative estimate of drug-likeness (QED) is 0.256. The Bertz CT molecular complexity index is 1040. The Kier molecular flexibility index (Phi) is 9.38. The van der Waals surface area contributed by atoms with Gasteiger partial charge in [0.05, 0.1) is 11.6 Å². The van der Waals surface area contributed by atoms with Gasteiger partial charge in [0.15, 0.2) is 5.78 Å². The number of Topliss-reactive ketones (excluding diaryl/α,β-unsaturated/α-hetero) is 1. The van der Waals surface area contributed by atoms with Crippen molar-refractivity contribution in [3.63, 3.8) is 0 Å². The summed E-state index contributed by atoms with van der Waals surface area (Å²) in [7, 11) is -2.09. The van der Waals surface area contributed by atoms with Gasteiger partial charge in [0.2, 0.25) is 0 Å². The van der Waals surface area contributed by atoms with E-state index in [4.69, 9.17) is 16.0 Å². The van der Waals surface area contributed by atoms with Crippen LogP contribution in [0.5, 0.6) is 5.75 Å². The Hall–Kier alpha value is -1.66. The number of carbonyl (C=O) groups is 1. The van der Waals surface area contributed by atoms with Gasteiger partial charge >= 0.3 is 0 Å². The number of aryl methyl sites for hydroxylation is 2. The van der Waals surface area contributed by atoms with Crippen molar-refractivity contribution in [2.24, 2.45) is 0 Å². The lowest BCUT2D eigenvalue weighted by Gasteiger charge is -2.43. The number of benzene rings is 2. The molecule has 1 N–H and O–H groups in total. The number of rotatable bonds is 9. The molecule has 0 aliphatic carbocycles. The van der Waals surface area contributed by atoms with E-state index in [2.05, 4.69) is 60.3 Å². The third-order valence-corrected chi connectivity index (χ3v) is 14.9. The van der Waals surface area contributed by atoms with Gasteiger partial charge in [-0.2, -0.15) is 0 Å². The molecule has 6 heteroatoms. The molecule has 0 bridgehead atoms. The minimum atomic E-state index is -2.09. The molecule has 0 saturated carbocycles. The second-order valence-electron chi connectivity index (χ2n) is 12.0. The Morgan fingerprint density at radius 3 is 1.81 bits per heavy atom. The van der Waals surface area contributed by atoms with Crippen molar-refractivity contribution >= 4 is 25.7 Å². The summed E-state index contributed by atoms with van der Waals surface area (Å²) < 4.78 is 7.01. The van der Waals surface area contributed by atoms with Crippen LogP contribution in [0, 0.1) is 13.8 Å². The number of likely N-dealkylation sites (tertiary alicyclic amines) is 1. The zero-order valence-corrected chi connectivity index (χ0v) is 25.9. The normalized spacial score (nSPS) is 17.5. The molecule has 0 amide bonds. The molecule has 1 unspecified atom stereocenters. The summed E-state index contributed by atoms with van der Waals surface area (Å²) >= 11 is 6.03. The van der Waals surface area contributed by atoms with Crippen LogP contribution in [0.3, 0.4) is 0 Å². The van der Waals surface area contributed by atoms with Gasteiger partial charge in [-0.25, -0.2) is 0 Å². The fraction of sp³-hybridized carbons (Fsp3) is 0.581. The molecule has 1 aliphatic rings. The van der Waals surface area contributed by atoms with Crippen LogP contribution in [0.1, 0.15) is 88.4 Å². The number of carbonyl (C=O) groups excluding carboxylic acids is 1. The van der Waals surface area contributed by atoms with Crippen molar-refractivity contribution in [2.45, 2.75) is 103 Å². The number of ketones is 1. The first-order chi connectivity index (χ1) is 17.2. The van der Waals surface area contributed by atoms with Crippen LogP contribution in [0.4, 0.5) is 0 Å². The van der Waals surface area contributed by atoms with Crippen molar-refractivity contribution in [1.29, 1.82) is 0 Å². The highest BCUT2D eigenvalue weighted by atomic mass is 35.5. The number of piperidine rings is 1. The molecular weight excluding hydrogens is 498 g/mol. The van der Waals surface area contributed by atoms with Crippen LogP contribution < -0.4 is 4.43 Å². The molecule has 1 heterocycles. The first-order valence-corrected chi connectivity index (χ1v) is 16.3. The van der Waals surface area contributed by atoms with Crippen molar-refractivity contribution in [1.82, 2.24) is 4.90 Å². The lowest BCUT2D eigenvalue weighted by molar-refractivity contribution is -0.0318. The molecule has 2 aromatic carbocycles. The average Bonchev–Trinajstić information content (AvgIpc) is 2.82. The molecular formula is C31H46ClNO3Si. The SMILES string of the molecule is Cc1cc(C(=O)C(C)N2CCC(O)(c3ccc(Cl)cc3)CC2)cc(C)c1O[Si](C(C)C)(C(C)C)C(C)C. The predicted molar refractivity (Wildman–Crippen MR) is 158 cm³/mol. The highest BCUT2D eigenvalue weighted by Gasteiger charge is 2.47. The van der Waals surface area contributed by atoms with Crippen LogP contribution in [0.15, 0.2) is 36.4 Å². The minimum absolute atomic E-state index is 0.120. The van der Waals surface area contributed by atoms with E-state index in [0.717, 1.165) is 28.0 Å². The summed E-state index contributed by atoms with van der Waals surface area (Å²) in [4.78, 5) is 15.8. The van der Waals surface area contributed by atoms with Crippen LogP contribution in [0.25, 0.3) is 0 Å². The second kappa shape index (κ2) is 11.6. The van der Waals surface area contributed by atoms with Gasteiger partial charge in [-0.15, -0.1) is 0 Å². The summed E-state index contributed by atoms with van der Waals surface area (Å²) in [5.41, 5.74) is 4.26. The standard InChI is InChI=1S/C31H46ClNO3Si/c1-20(2)37(21(3)4,22(5)6)36-30-23(7)18-26(19-24(30)8)29(34)25(9)33-16-14-31(35,15-17-33)27-10-12-28(32)13-11-27/h10-13,18-22,25,35H,14-17H2,1-9H3. The molecule has 37 heavy (non-hydrogen) atoms. The summed E-state index contributed by atoms with van der Waals surface area (Å²) in [6, 6.07) is 11.2. The van der Waals surface area contributed by atoms with Gasteiger partial charge in [-0.1, -0.05) is 65.3 Å². The van der Waals surface area contributed by atoms with Crippen LogP contribution in [-0.2, 0) is 5.60 Å². The van der Waals surface area contributed by atoms with Crippen LogP contribution >= 0.6 is 11.6 Å². The third kappa shape index (κ3) is 6.00. The summed E-state index contributed by atoms with van der Waals surface area (Å²) in [5, 5.41) is 11.9. The Morgan fingerprint density at radius 1 is 0.919 bits per heavy atom. The predicted octanol–water partition coefficient (Wildman–Crippen LogP) is 8.07. The number of hydrogen-bond donors (Lipinski definition) is 1. The van der Waals surface area contributed by atoms with E-state index in [0.29, 0.717) is 47.6 Å². The summed E-state index contributed by atoms with van der Waals surface area (Å²) in [5.74, 6) is 1.08. The molecule has 1 aliphatic heterocycles. The van der Waals surface area contributed by atoms with Gasteiger partial charge in [-0.05, 0) is 91.2 Å². The maximum absolute atomic E-state index is 13.6. The summed E-state index contributed by atoms with van der Waals surface area (Å²) in [6.45, 7) is 21.2. The maximum Gasteiger partial charge on any atom is 0.258 e. The van der Waals surface area contributed by atoms with Crippen LogP contribution in [0.2, 0.25) is 21.6 Å². The van der Waals surface area contributed by atoms with E-state index in [-0.39, 0.29) is 11.8 Å². The fourth-order valence-corrected chi connectivity index (χ4v) is 12.0. The Labute approximate surface area is 230 Å². The highest BCUT2D eigenvalue weighted by Crippen LogP contribution is 2.44. The second-order valence-corrected chi connectivity index (χ2v) is 17.8. The molecule has 0 spiro atoms. The number of aliphatic hydroxyl groups is 1. The van der Waals surface area contributed by atoms with Crippen molar-refractivity contribution in [3.05, 3.63) is 63.7 Å². The van der Waals surface area contributed by atoms with E-state index in [1.807, 2.05) is 43.3 Å². The fourth-order valence-electron chi connectivity index (χ4n) is 6.52. The minimum Gasteiger partial charge on any atom is -0.542 e. The van der Waals surface area contributed by atoms with Crippen molar-refractivity contribution in [3.8, 4) is 5.75 Å². The van der Waals surface area contributed by atoms with E-state index in [1.54, 1.807) is 0 Å². The lowest BCUT2D eigenvalue weighted by Crippen LogP contribution is -2.51. The molecule has 0 radical (unpaired) electrons. The summed E-state index contributed by atoms with van der Waals surface area (Å²) in [6.07, 6.45) is 1.17. The van der Waals surface area contributed by atoms with Gasteiger partial charge < -0.3 is 9.53 Å². The third-order valence-electron chi connectivity index (χ3n) is 8.66. The molecule has 1 fully saturated rings. The van der Waals surface area contributed by atoms with Gasteiger partial charge in [0, 0.05) is 23.7 Å². The number of nitrogens with zero attached hydrogens (tertiary/aromatic N) is 1. The van der Waals surface area contributed by atoms with Crippen LogP contribution in [-0.4, -0.2) is 43.2 Å². The molecule has 1 atom stereocenters. The van der Waals surface area contributed by atoms with E-state index >= 15 is 0 Å². The van der Waals surface area contributed by atoms with Gasteiger partial charge in [0.25, 0.3) is 8.32 Å². The molecule has 4 nitrogen and oxygen atoms in total. The Morgan fingerprint density at radius 2 is 1.38 bits per heavy atom. The average molecular weight is 544 g/mol. The topological polar surface area (TPSA) is 49.8 Å². The van der Waals surface area contributed by atoms with Gasteiger partial charge in [0.1, 0.15) is 5.75 Å². The monoisotopic (exact) mass is 543 g/mol. The molecule has 3 rings (SSSR count). The van der Waals surface area contributed by atoms with E-state index < -0.39 is 13.9 Å². The largest absolute Gasteiger partial charge is 0.542 e. The number of hydrogen-bond acceptors (Lipinski definition) is 4. The van der Waals surface area contributed by atoms with E-state index in [1.165, 1.54) is 0 Å². The first kappa shape index (κ1) is 29.9. The Balaban J connectivity index is 1.77. The zero-order valence-electron chi connectivity index (χ0n) is 24.2. The zero-order chi connectivity index (χ0) is 27.7. The first-order valence-electron chi connectivity index (χ1n) is 13.8. The molecule has 1 saturated heterocycles. The smallest absolute Gasteiger partial charge is 0.258 e. The maximum atomic E-state index is 13.6. The number of halogens is 1. The molecule has 0 aromatic heterocycles. The van der Waals surface area contributed by atoms with Crippen molar-refractivity contribution in [2.75, 3.05) is 13.1 Å². The van der Waals surface area contributed by atoms with Gasteiger partial charge in [-0.3, -0.25) is 9.69 Å².